The first-order valence-corrected chi connectivity index (χ1v) is 28.1. The van der Waals surface area contributed by atoms with Crippen molar-refractivity contribution in [1.82, 2.24) is 20.3 Å². The summed E-state index contributed by atoms with van der Waals surface area (Å²) in [5.41, 5.74) is 2.37. The largest absolute Gasteiger partial charge is 0.532 e. The first-order valence-electron chi connectivity index (χ1n) is 22.3. The number of rotatable bonds is 4. The van der Waals surface area contributed by atoms with Crippen molar-refractivity contribution < 1.29 is 32.4 Å². The molecule has 1 N–H and O–H groups in total. The molecule has 6 unspecified atom stereocenters. The molecule has 7 aliphatic rings. The molecular formula is C46H49BBr3Cl3N6O7S3. The summed E-state index contributed by atoms with van der Waals surface area (Å²) in [6.07, 6.45) is 4.94. The number of hydrogen-bond donors (Lipinski definition) is 1. The predicted octanol–water partition coefficient (Wildman–Crippen LogP) is 12.3. The van der Waals surface area contributed by atoms with Crippen LogP contribution in [0.1, 0.15) is 47.0 Å². The summed E-state index contributed by atoms with van der Waals surface area (Å²) in [6.45, 7) is 13.8. The Kier molecular flexibility index (Phi) is 16.5. The Balaban J connectivity index is 0.000000114. The lowest BCUT2D eigenvalue weighted by Gasteiger charge is -2.32. The van der Waals surface area contributed by atoms with E-state index in [2.05, 4.69) is 78.3 Å². The minimum absolute atomic E-state index is 0. The number of thiazole rings is 3. The Morgan fingerprint density at radius 2 is 1.23 bits per heavy atom. The Labute approximate surface area is 454 Å². The van der Waals surface area contributed by atoms with E-state index in [1.165, 1.54) is 12.8 Å². The lowest BCUT2D eigenvalue weighted by molar-refractivity contribution is 0.00578. The molecule has 14 rings (SSSR count). The van der Waals surface area contributed by atoms with Gasteiger partial charge in [0.25, 0.3) is 0 Å². The zero-order valence-electron chi connectivity index (χ0n) is 37.9. The summed E-state index contributed by atoms with van der Waals surface area (Å²) in [5.74, 6) is 0.792. The summed E-state index contributed by atoms with van der Waals surface area (Å²) in [5, 5.41) is 14.9. The van der Waals surface area contributed by atoms with Crippen molar-refractivity contribution in [2.45, 2.75) is 94.6 Å². The average Bonchev–Trinajstić information content (AvgIpc) is 4.16. The van der Waals surface area contributed by atoms with Crippen molar-refractivity contribution in [3.05, 3.63) is 87.8 Å². The van der Waals surface area contributed by atoms with E-state index < -0.39 is 7.12 Å². The number of nitrogens with one attached hydrogen (secondary N) is 1. The molecule has 69 heavy (non-hydrogen) atoms. The molecule has 12 heterocycles. The van der Waals surface area contributed by atoms with E-state index in [9.17, 15) is 0 Å². The molecule has 7 fully saturated rings. The Hall–Kier alpha value is -1.86. The molecule has 23 heteroatoms. The van der Waals surface area contributed by atoms with Crippen LogP contribution in [0.15, 0.2) is 86.6 Å². The number of morpholine rings is 3. The number of hydrogen-bond acceptors (Lipinski definition) is 16. The van der Waals surface area contributed by atoms with Crippen molar-refractivity contribution in [3.8, 4) is 11.5 Å². The van der Waals surface area contributed by atoms with Crippen molar-refractivity contribution in [2.24, 2.45) is 0 Å². The van der Waals surface area contributed by atoms with E-state index >= 15 is 0 Å². The van der Waals surface area contributed by atoms with Gasteiger partial charge < -0.3 is 47.5 Å². The molecule has 2 aromatic carbocycles. The standard InChI is InChI=1S/C16H13ClN2O2S.C14H16BClO3.C8H9BrN2OS.C5H9NO.C3HBr2NS.ClH/c17-10-2-1-9-3-15(21-14(9)4-10)13-8-22-16(18-13)19-6-12-5-11(19)7-20-12;1-13(2)14(3,4)19-15(18-13)12-7-9-5-6-10(16)8-11(9)17-12;9-7-4-13-8(10-7)11-2-6-1-5(11)3-12-6;1-4-3-7-5(1)2-6-4;4-2-1-7-3(5)6-2;/h1-4,8,11-12H,5-7H2;5-8H,1-4H3;4-6H,1-3H2;4-6H,1-3H2;1H;1H. The van der Waals surface area contributed by atoms with Gasteiger partial charge in [0.1, 0.15) is 31.7 Å². The summed E-state index contributed by atoms with van der Waals surface area (Å²) >= 11 is 26.7. The third-order valence-electron chi connectivity index (χ3n) is 13.1. The van der Waals surface area contributed by atoms with Gasteiger partial charge in [0.15, 0.2) is 19.9 Å². The maximum absolute atomic E-state index is 6.01. The Morgan fingerprint density at radius 1 is 0.667 bits per heavy atom. The summed E-state index contributed by atoms with van der Waals surface area (Å²) in [7, 11) is -0.476. The van der Waals surface area contributed by atoms with E-state index in [0.29, 0.717) is 52.1 Å². The zero-order chi connectivity index (χ0) is 47.3. The average molecular weight is 1250 g/mol. The van der Waals surface area contributed by atoms with E-state index in [1.54, 1.807) is 40.1 Å². The topological polar surface area (TPSA) is 130 Å². The highest BCUT2D eigenvalue weighted by Crippen LogP contribution is 2.39. The van der Waals surface area contributed by atoms with Gasteiger partial charge in [0.2, 0.25) is 0 Å². The minimum Gasteiger partial charge on any atom is -0.465 e. The van der Waals surface area contributed by atoms with Crippen LogP contribution in [-0.4, -0.2) is 109 Å². The van der Waals surface area contributed by atoms with Crippen molar-refractivity contribution in [1.29, 1.82) is 0 Å². The highest BCUT2D eigenvalue weighted by atomic mass is 79.9. The van der Waals surface area contributed by atoms with Crippen molar-refractivity contribution in [2.75, 3.05) is 49.3 Å². The number of fused-ring (bicyclic) bond motifs is 8. The Bertz CT molecular complexity index is 2820. The fourth-order valence-corrected chi connectivity index (χ4v) is 13.1. The van der Waals surface area contributed by atoms with Crippen molar-refractivity contribution in [3.63, 3.8) is 0 Å². The molecule has 7 aromatic rings. The summed E-state index contributed by atoms with van der Waals surface area (Å²) < 4.78 is 42.8. The lowest BCUT2D eigenvalue weighted by Crippen LogP contribution is -2.41. The van der Waals surface area contributed by atoms with E-state index in [0.717, 1.165) is 103 Å². The number of aromatic nitrogens is 3. The predicted molar refractivity (Wildman–Crippen MR) is 291 cm³/mol. The second-order valence-electron chi connectivity index (χ2n) is 18.4. The third-order valence-corrected chi connectivity index (χ3v) is 18.1. The highest BCUT2D eigenvalue weighted by molar-refractivity contribution is 9.11. The molecule has 0 spiro atoms. The van der Waals surface area contributed by atoms with E-state index in [4.69, 9.17) is 60.5 Å². The quantitative estimate of drug-likeness (QED) is 0.168. The number of ether oxygens (including phenoxy) is 3. The van der Waals surface area contributed by atoms with Crippen LogP contribution in [0.25, 0.3) is 33.4 Å². The van der Waals surface area contributed by atoms with Gasteiger partial charge in [-0.1, -0.05) is 23.2 Å². The fourth-order valence-electron chi connectivity index (χ4n) is 8.91. The molecule has 6 bridgehead atoms. The van der Waals surface area contributed by atoms with Crippen LogP contribution in [0.5, 0.6) is 0 Å². The fraction of sp³-hybridized carbons (Fsp3) is 0.457. The molecule has 0 amide bonds. The maximum atomic E-state index is 6.01. The van der Waals surface area contributed by atoms with Gasteiger partial charge in [-0.15, -0.1) is 46.4 Å². The molecule has 6 atom stereocenters. The van der Waals surface area contributed by atoms with Gasteiger partial charge in [-0.3, -0.25) is 0 Å². The van der Waals surface area contributed by atoms with E-state index in [-0.39, 0.29) is 23.6 Å². The summed E-state index contributed by atoms with van der Waals surface area (Å²) in [4.78, 5) is 17.9. The van der Waals surface area contributed by atoms with Crippen molar-refractivity contribution >= 4 is 162 Å². The van der Waals surface area contributed by atoms with Gasteiger partial charge in [-0.05, 0) is 137 Å². The first kappa shape index (κ1) is 52.0. The minimum atomic E-state index is -0.476. The normalized spacial score (nSPS) is 25.2. The maximum Gasteiger partial charge on any atom is 0.532 e. The summed E-state index contributed by atoms with van der Waals surface area (Å²) in [6, 6.07) is 17.0. The number of nitrogens with zero attached hydrogens (tertiary/aromatic N) is 5. The van der Waals surface area contributed by atoms with Crippen LogP contribution < -0.4 is 20.8 Å². The lowest BCUT2D eigenvalue weighted by atomic mass is 9.86. The molecule has 368 valence electrons. The zero-order valence-corrected chi connectivity index (χ0v) is 47.4. The number of furan rings is 2. The van der Waals surface area contributed by atoms with Crippen LogP contribution >= 0.6 is 117 Å². The molecule has 5 aromatic heterocycles. The Morgan fingerprint density at radius 3 is 1.68 bits per heavy atom. The smallest absolute Gasteiger partial charge is 0.465 e. The van der Waals surface area contributed by atoms with Crippen LogP contribution in [0, 0.1) is 0 Å². The van der Waals surface area contributed by atoms with Crippen LogP contribution in [-0.2, 0) is 23.5 Å². The van der Waals surface area contributed by atoms with Gasteiger partial charge in [-0.2, -0.15) is 0 Å². The number of halogens is 6. The highest BCUT2D eigenvalue weighted by Gasteiger charge is 2.53. The number of anilines is 2. The van der Waals surface area contributed by atoms with Crippen LogP contribution in [0.3, 0.4) is 0 Å². The third kappa shape index (κ3) is 12.1. The molecule has 7 aliphatic heterocycles. The first-order chi connectivity index (χ1) is 32.6. The second-order valence-corrected chi connectivity index (χ2v) is 24.7. The molecule has 13 nitrogen and oxygen atoms in total. The van der Waals surface area contributed by atoms with E-state index in [1.807, 2.05) is 80.9 Å². The SMILES string of the molecule is Brc1csc(Br)n1.Brc1csc(N2CC3CC2CO3)n1.C1OC2CNC1C2.CC1(C)OB(c2cc3ccc(Cl)cc3o2)OC1(C)C.Cl.Clc1ccc2cc(-c3csc(N4CC5CC4CO5)n3)oc2c1. The van der Waals surface area contributed by atoms with Gasteiger partial charge in [0, 0.05) is 68.7 Å². The van der Waals surface area contributed by atoms with Crippen LogP contribution in [0.4, 0.5) is 10.3 Å². The number of benzene rings is 2. The van der Waals surface area contributed by atoms with Crippen LogP contribution in [0.2, 0.25) is 10.0 Å². The van der Waals surface area contributed by atoms with Gasteiger partial charge in [0.05, 0.1) is 61.4 Å². The molecule has 0 radical (unpaired) electrons. The molecular weight excluding hydrogens is 1200 g/mol. The molecule has 0 saturated carbocycles. The monoisotopic (exact) mass is 1250 g/mol. The van der Waals surface area contributed by atoms with Gasteiger partial charge in [-0.25, -0.2) is 15.0 Å². The van der Waals surface area contributed by atoms with Gasteiger partial charge >= 0.3 is 7.12 Å². The molecule has 7 saturated heterocycles. The molecule has 0 aliphatic carbocycles. The second kappa shape index (κ2) is 21.9.